The maximum absolute atomic E-state index is 12.2. The number of nitrogens with zero attached hydrogens (tertiary/aromatic N) is 1. The van der Waals surface area contributed by atoms with Crippen LogP contribution in [0.4, 0.5) is 0 Å². The van der Waals surface area contributed by atoms with Gasteiger partial charge in [-0.25, -0.2) is 0 Å². The molecule has 1 aliphatic heterocycles. The fourth-order valence-electron chi connectivity index (χ4n) is 3.07. The number of halogens is 2. The summed E-state index contributed by atoms with van der Waals surface area (Å²) in [6.07, 6.45) is 4.20. The first kappa shape index (κ1) is 21.3. The van der Waals surface area contributed by atoms with E-state index in [1.54, 1.807) is 0 Å². The molecule has 1 saturated heterocycles. The van der Waals surface area contributed by atoms with E-state index < -0.39 is 0 Å². The zero-order valence-corrected chi connectivity index (χ0v) is 15.3. The molecule has 21 heavy (non-hydrogen) atoms. The Morgan fingerprint density at radius 1 is 1.33 bits per heavy atom. The number of carbonyl (C=O) groups excluding carboxylic acids is 1. The Morgan fingerprint density at radius 2 is 2.00 bits per heavy atom. The minimum Gasteiger partial charge on any atom is -0.355 e. The van der Waals surface area contributed by atoms with Crippen LogP contribution in [0.2, 0.25) is 0 Å². The molecule has 2 fully saturated rings. The number of rotatable bonds is 4. The number of nitrogens with two attached hydrogens (primary N) is 1. The third-order valence-corrected chi connectivity index (χ3v) is 5.34. The highest BCUT2D eigenvalue weighted by molar-refractivity contribution is 7.99. The van der Waals surface area contributed by atoms with E-state index in [0.717, 1.165) is 51.9 Å². The fraction of sp³-hybridized carbons (Fsp3) is 0.929. The normalized spacial score (nSPS) is 29.9. The topological polar surface area (TPSA) is 58.4 Å². The van der Waals surface area contributed by atoms with E-state index in [0.29, 0.717) is 0 Å². The molecular weight excluding hydrogens is 329 g/mol. The predicted octanol–water partition coefficient (Wildman–Crippen LogP) is 1.90. The zero-order chi connectivity index (χ0) is 13.7. The van der Waals surface area contributed by atoms with Crippen LogP contribution in [0.15, 0.2) is 0 Å². The van der Waals surface area contributed by atoms with Gasteiger partial charge in [-0.15, -0.1) is 24.8 Å². The van der Waals surface area contributed by atoms with E-state index in [4.69, 9.17) is 5.73 Å². The quantitative estimate of drug-likeness (QED) is 0.806. The molecule has 2 atom stereocenters. The van der Waals surface area contributed by atoms with Crippen molar-refractivity contribution in [1.82, 2.24) is 10.2 Å². The number of hydrogen-bond donors (Lipinski definition) is 2. The van der Waals surface area contributed by atoms with Gasteiger partial charge >= 0.3 is 0 Å². The molecule has 7 heteroatoms. The molecule has 1 saturated carbocycles. The largest absolute Gasteiger partial charge is 0.355 e. The highest BCUT2D eigenvalue weighted by Gasteiger charge is 2.37. The van der Waals surface area contributed by atoms with Gasteiger partial charge in [0, 0.05) is 43.2 Å². The van der Waals surface area contributed by atoms with E-state index in [-0.39, 0.29) is 42.2 Å². The maximum atomic E-state index is 12.2. The lowest BCUT2D eigenvalue weighted by molar-refractivity contribution is -0.128. The van der Waals surface area contributed by atoms with E-state index in [1.807, 2.05) is 18.7 Å². The van der Waals surface area contributed by atoms with E-state index in [9.17, 15) is 4.79 Å². The molecule has 1 aliphatic carbocycles. The SMILES string of the molecule is CC1(N)CCCCC1C(=O)NCCN1CCSCC1.Cl.Cl. The van der Waals surface area contributed by atoms with Crippen LogP contribution in [0.3, 0.4) is 0 Å². The lowest BCUT2D eigenvalue weighted by Gasteiger charge is -2.37. The van der Waals surface area contributed by atoms with Gasteiger partial charge in [-0.1, -0.05) is 12.8 Å². The third-order valence-electron chi connectivity index (χ3n) is 4.40. The first-order chi connectivity index (χ1) is 9.09. The second kappa shape index (κ2) is 10.2. The Labute approximate surface area is 145 Å². The van der Waals surface area contributed by atoms with Crippen molar-refractivity contribution >= 4 is 42.5 Å². The Bertz CT molecular complexity index is 313. The third kappa shape index (κ3) is 6.53. The van der Waals surface area contributed by atoms with Crippen molar-refractivity contribution in [3.8, 4) is 0 Å². The molecule has 0 aromatic carbocycles. The smallest absolute Gasteiger partial charge is 0.225 e. The fourth-order valence-corrected chi connectivity index (χ4v) is 4.05. The summed E-state index contributed by atoms with van der Waals surface area (Å²) in [6, 6.07) is 0. The molecule has 0 bridgehead atoms. The highest BCUT2D eigenvalue weighted by Crippen LogP contribution is 2.31. The monoisotopic (exact) mass is 357 g/mol. The van der Waals surface area contributed by atoms with E-state index >= 15 is 0 Å². The van der Waals surface area contributed by atoms with Crippen LogP contribution in [-0.2, 0) is 4.79 Å². The van der Waals surface area contributed by atoms with Crippen LogP contribution in [-0.4, -0.2) is 54.0 Å². The van der Waals surface area contributed by atoms with Gasteiger partial charge in [0.25, 0.3) is 0 Å². The lowest BCUT2D eigenvalue weighted by atomic mass is 9.74. The van der Waals surface area contributed by atoms with Crippen LogP contribution < -0.4 is 11.1 Å². The van der Waals surface area contributed by atoms with Crippen molar-refractivity contribution < 1.29 is 4.79 Å². The molecule has 4 nitrogen and oxygen atoms in total. The van der Waals surface area contributed by atoms with Gasteiger partial charge in [0.15, 0.2) is 0 Å². The van der Waals surface area contributed by atoms with Gasteiger partial charge in [0.2, 0.25) is 5.91 Å². The van der Waals surface area contributed by atoms with Crippen LogP contribution in [0.25, 0.3) is 0 Å². The minimum atomic E-state index is -0.315. The summed E-state index contributed by atoms with van der Waals surface area (Å²) in [4.78, 5) is 14.7. The molecule has 126 valence electrons. The van der Waals surface area contributed by atoms with E-state index in [1.165, 1.54) is 11.5 Å². The Morgan fingerprint density at radius 3 is 2.62 bits per heavy atom. The zero-order valence-electron chi connectivity index (χ0n) is 12.8. The van der Waals surface area contributed by atoms with E-state index in [2.05, 4.69) is 10.2 Å². The Balaban J connectivity index is 0.00000200. The van der Waals surface area contributed by atoms with Crippen LogP contribution in [0.5, 0.6) is 0 Å². The number of nitrogens with one attached hydrogen (secondary N) is 1. The maximum Gasteiger partial charge on any atom is 0.225 e. The van der Waals surface area contributed by atoms with Gasteiger partial charge in [0.05, 0.1) is 5.92 Å². The second-order valence-electron chi connectivity index (χ2n) is 6.05. The Hall–Kier alpha value is 0.320. The molecule has 1 amide bonds. The lowest BCUT2D eigenvalue weighted by Crippen LogP contribution is -2.53. The number of hydrogen-bond acceptors (Lipinski definition) is 4. The summed E-state index contributed by atoms with van der Waals surface area (Å²) in [7, 11) is 0. The highest BCUT2D eigenvalue weighted by atomic mass is 35.5. The van der Waals surface area contributed by atoms with Gasteiger partial charge < -0.3 is 11.1 Å². The molecule has 2 rings (SSSR count). The predicted molar refractivity (Wildman–Crippen MR) is 95.8 cm³/mol. The summed E-state index contributed by atoms with van der Waals surface area (Å²) >= 11 is 2.02. The first-order valence-electron chi connectivity index (χ1n) is 7.46. The minimum absolute atomic E-state index is 0. The molecule has 3 N–H and O–H groups in total. The van der Waals surface area contributed by atoms with Crippen molar-refractivity contribution in [2.24, 2.45) is 11.7 Å². The number of amides is 1. The average Bonchev–Trinajstić information content (AvgIpc) is 2.39. The van der Waals surface area contributed by atoms with Crippen LogP contribution in [0.1, 0.15) is 32.6 Å². The van der Waals surface area contributed by atoms with Gasteiger partial charge in [0.1, 0.15) is 0 Å². The standard InChI is InChI=1S/C14H27N3OS.2ClH/c1-14(15)5-3-2-4-12(14)13(18)16-6-7-17-8-10-19-11-9-17;;/h12H,2-11,15H2,1H3,(H,16,18);2*1H. The van der Waals surface area contributed by atoms with Crippen LogP contribution in [0, 0.1) is 5.92 Å². The summed E-state index contributed by atoms with van der Waals surface area (Å²) in [5, 5.41) is 3.09. The van der Waals surface area contributed by atoms with Crippen molar-refractivity contribution in [2.45, 2.75) is 38.1 Å². The molecule has 0 spiro atoms. The molecule has 2 aliphatic rings. The summed E-state index contributed by atoms with van der Waals surface area (Å²) in [5.74, 6) is 2.60. The molecule has 0 aromatic rings. The van der Waals surface area contributed by atoms with Crippen molar-refractivity contribution in [1.29, 1.82) is 0 Å². The van der Waals surface area contributed by atoms with Gasteiger partial charge in [-0.3, -0.25) is 9.69 Å². The Kier molecular flexibility index (Phi) is 10.3. The molecule has 1 heterocycles. The van der Waals surface area contributed by atoms with Gasteiger partial charge in [-0.2, -0.15) is 11.8 Å². The summed E-state index contributed by atoms with van der Waals surface area (Å²) < 4.78 is 0. The summed E-state index contributed by atoms with van der Waals surface area (Å²) in [6.45, 7) is 6.06. The molecule has 0 aromatic heterocycles. The second-order valence-corrected chi connectivity index (χ2v) is 7.27. The van der Waals surface area contributed by atoms with Crippen LogP contribution >= 0.6 is 36.6 Å². The summed E-state index contributed by atoms with van der Waals surface area (Å²) in [5.41, 5.74) is 5.95. The van der Waals surface area contributed by atoms with Crippen molar-refractivity contribution in [2.75, 3.05) is 37.7 Å². The first-order valence-corrected chi connectivity index (χ1v) is 8.62. The molecule has 2 unspecified atom stereocenters. The number of thioether (sulfide) groups is 1. The van der Waals surface area contributed by atoms with Crippen molar-refractivity contribution in [3.63, 3.8) is 0 Å². The molecule has 0 radical (unpaired) electrons. The van der Waals surface area contributed by atoms with Gasteiger partial charge in [-0.05, 0) is 19.8 Å². The van der Waals surface area contributed by atoms with Crippen molar-refractivity contribution in [3.05, 3.63) is 0 Å². The number of carbonyl (C=O) groups is 1. The molecular formula is C14H29Cl2N3OS. The average molecular weight is 358 g/mol.